The molecule has 3 aromatic heterocycles. The normalized spacial score (nSPS) is 11.8. The number of benzene rings is 2. The summed E-state index contributed by atoms with van der Waals surface area (Å²) in [6, 6.07) is 8.97. The van der Waals surface area contributed by atoms with E-state index in [-0.39, 0.29) is 17.9 Å². The lowest BCUT2D eigenvalue weighted by Crippen LogP contribution is -2.21. The molecule has 0 atom stereocenters. The Hall–Kier alpha value is -4.41. The zero-order valence-electron chi connectivity index (χ0n) is 19.4. The molecule has 0 aliphatic carbocycles. The Morgan fingerprint density at radius 2 is 1.75 bits per heavy atom. The standard InChI is InChI=1S/C25H19F3N4O4/c1-13-23(14(2)36-31-13)18-8-19-17(9-21(18)34-3)24-20(10-29-19)30-11-22(33)32(24)12-15-4-6-16(7-5-15)35-25(26,27)28/h4-11H,12H2,1-3H3. The number of ether oxygens (including phenoxy) is 2. The van der Waals surface area contributed by atoms with Crippen LogP contribution in [0.1, 0.15) is 17.0 Å². The number of aromatic nitrogens is 4. The summed E-state index contributed by atoms with van der Waals surface area (Å²) >= 11 is 0. The van der Waals surface area contributed by atoms with E-state index >= 15 is 0 Å². The summed E-state index contributed by atoms with van der Waals surface area (Å²) in [4.78, 5) is 21.7. The zero-order valence-corrected chi connectivity index (χ0v) is 19.4. The number of fused-ring (bicyclic) bond motifs is 3. The van der Waals surface area contributed by atoms with Crippen LogP contribution in [0.5, 0.6) is 11.5 Å². The molecule has 0 aliphatic rings. The quantitative estimate of drug-likeness (QED) is 0.310. The number of hydrogen-bond acceptors (Lipinski definition) is 7. The highest BCUT2D eigenvalue weighted by Crippen LogP contribution is 2.38. The minimum Gasteiger partial charge on any atom is -0.496 e. The van der Waals surface area contributed by atoms with Gasteiger partial charge in [0, 0.05) is 10.9 Å². The van der Waals surface area contributed by atoms with Crippen molar-refractivity contribution in [2.45, 2.75) is 26.8 Å². The van der Waals surface area contributed by atoms with Gasteiger partial charge >= 0.3 is 6.36 Å². The molecule has 184 valence electrons. The van der Waals surface area contributed by atoms with Crippen LogP contribution in [0.25, 0.3) is 33.1 Å². The molecule has 5 aromatic rings. The van der Waals surface area contributed by atoms with Gasteiger partial charge in [0.1, 0.15) is 22.8 Å². The average molecular weight is 496 g/mol. The average Bonchev–Trinajstić information content (AvgIpc) is 3.17. The Morgan fingerprint density at radius 1 is 1.03 bits per heavy atom. The van der Waals surface area contributed by atoms with E-state index in [1.54, 1.807) is 19.2 Å². The summed E-state index contributed by atoms with van der Waals surface area (Å²) in [7, 11) is 1.54. The van der Waals surface area contributed by atoms with Crippen molar-refractivity contribution < 1.29 is 27.2 Å². The van der Waals surface area contributed by atoms with Crippen LogP contribution < -0.4 is 15.0 Å². The van der Waals surface area contributed by atoms with Crippen LogP contribution in [-0.2, 0) is 6.54 Å². The zero-order chi connectivity index (χ0) is 25.6. The van der Waals surface area contributed by atoms with Crippen LogP contribution in [0.3, 0.4) is 0 Å². The maximum absolute atomic E-state index is 12.9. The van der Waals surface area contributed by atoms with Gasteiger partial charge in [-0.25, -0.2) is 4.98 Å². The van der Waals surface area contributed by atoms with Gasteiger partial charge in [0.25, 0.3) is 5.56 Å². The third-order valence-corrected chi connectivity index (χ3v) is 5.79. The number of halogens is 3. The minimum atomic E-state index is -4.78. The number of pyridine rings is 1. The smallest absolute Gasteiger partial charge is 0.496 e. The Balaban J connectivity index is 1.66. The largest absolute Gasteiger partial charge is 0.573 e. The molecule has 8 nitrogen and oxygen atoms in total. The predicted octanol–water partition coefficient (Wildman–Crippen LogP) is 5.17. The molecule has 0 spiro atoms. The molecule has 0 fully saturated rings. The van der Waals surface area contributed by atoms with Crippen molar-refractivity contribution in [3.05, 3.63) is 76.2 Å². The van der Waals surface area contributed by atoms with E-state index in [1.807, 2.05) is 13.0 Å². The summed E-state index contributed by atoms with van der Waals surface area (Å²) in [5, 5.41) is 4.65. The number of aryl methyl sites for hydroxylation is 2. The highest BCUT2D eigenvalue weighted by Gasteiger charge is 2.31. The molecular weight excluding hydrogens is 477 g/mol. The fraction of sp³-hybridized carbons (Fsp3) is 0.200. The molecule has 0 N–H and O–H groups in total. The Bertz CT molecular complexity index is 1640. The summed E-state index contributed by atoms with van der Waals surface area (Å²) in [6.45, 7) is 3.73. The molecule has 2 aromatic carbocycles. The van der Waals surface area contributed by atoms with E-state index in [4.69, 9.17) is 9.26 Å². The SMILES string of the molecule is COc1cc2c(cc1-c1c(C)noc1C)ncc1ncc(=O)n(Cc3ccc(OC(F)(F)F)cc3)c12. The lowest BCUT2D eigenvalue weighted by Gasteiger charge is -2.15. The van der Waals surface area contributed by atoms with Gasteiger partial charge in [0.2, 0.25) is 0 Å². The number of alkyl halides is 3. The van der Waals surface area contributed by atoms with Gasteiger partial charge in [0.05, 0.1) is 48.3 Å². The van der Waals surface area contributed by atoms with Crippen LogP contribution in [0, 0.1) is 13.8 Å². The number of rotatable bonds is 5. The first-order chi connectivity index (χ1) is 17.1. The first kappa shape index (κ1) is 23.3. The molecule has 0 amide bonds. The van der Waals surface area contributed by atoms with Crippen LogP contribution >= 0.6 is 0 Å². The van der Waals surface area contributed by atoms with Gasteiger partial charge in [-0.1, -0.05) is 17.3 Å². The molecule has 0 radical (unpaired) electrons. The second kappa shape index (κ2) is 8.67. The summed E-state index contributed by atoms with van der Waals surface area (Å²) < 4.78 is 53.9. The Morgan fingerprint density at radius 3 is 2.39 bits per heavy atom. The second-order valence-electron chi connectivity index (χ2n) is 8.14. The van der Waals surface area contributed by atoms with E-state index in [2.05, 4.69) is 19.9 Å². The van der Waals surface area contributed by atoms with E-state index in [0.29, 0.717) is 44.7 Å². The molecule has 36 heavy (non-hydrogen) atoms. The van der Waals surface area contributed by atoms with E-state index in [1.165, 1.54) is 42.1 Å². The second-order valence-corrected chi connectivity index (χ2v) is 8.14. The van der Waals surface area contributed by atoms with Gasteiger partial charge < -0.3 is 18.6 Å². The third kappa shape index (κ3) is 4.23. The van der Waals surface area contributed by atoms with Gasteiger partial charge in [-0.15, -0.1) is 13.2 Å². The van der Waals surface area contributed by atoms with Crippen molar-refractivity contribution in [1.82, 2.24) is 19.7 Å². The first-order valence-electron chi connectivity index (χ1n) is 10.8. The highest BCUT2D eigenvalue weighted by atomic mass is 19.4. The molecule has 5 rings (SSSR count). The molecule has 0 bridgehead atoms. The maximum atomic E-state index is 12.9. The number of hydrogen-bond donors (Lipinski definition) is 0. The Kier molecular flexibility index (Phi) is 5.62. The Labute approximate surface area is 201 Å². The summed E-state index contributed by atoms with van der Waals surface area (Å²) in [6.07, 6.45) is -2.03. The van der Waals surface area contributed by atoms with Crippen molar-refractivity contribution in [3.63, 3.8) is 0 Å². The minimum absolute atomic E-state index is 0.0944. The molecular formula is C25H19F3N4O4. The van der Waals surface area contributed by atoms with Crippen molar-refractivity contribution >= 4 is 21.9 Å². The van der Waals surface area contributed by atoms with Crippen LogP contribution in [0.2, 0.25) is 0 Å². The van der Waals surface area contributed by atoms with E-state index in [0.717, 1.165) is 11.1 Å². The molecule has 0 saturated heterocycles. The molecule has 0 unspecified atom stereocenters. The third-order valence-electron chi connectivity index (χ3n) is 5.79. The van der Waals surface area contributed by atoms with Crippen molar-refractivity contribution in [1.29, 1.82) is 0 Å². The number of methoxy groups -OCH3 is 1. The lowest BCUT2D eigenvalue weighted by molar-refractivity contribution is -0.274. The van der Waals surface area contributed by atoms with Crippen LogP contribution in [0.15, 0.2) is 58.1 Å². The lowest BCUT2D eigenvalue weighted by atomic mass is 10.00. The molecule has 3 heterocycles. The fourth-order valence-corrected chi connectivity index (χ4v) is 4.25. The topological polar surface area (TPSA) is 92.3 Å². The van der Waals surface area contributed by atoms with Crippen LogP contribution in [-0.4, -0.2) is 33.2 Å². The van der Waals surface area contributed by atoms with Gasteiger partial charge in [-0.05, 0) is 43.7 Å². The van der Waals surface area contributed by atoms with Crippen LogP contribution in [0.4, 0.5) is 13.2 Å². The molecule has 0 aliphatic heterocycles. The molecule has 11 heteroatoms. The predicted molar refractivity (Wildman–Crippen MR) is 125 cm³/mol. The monoisotopic (exact) mass is 496 g/mol. The van der Waals surface area contributed by atoms with Crippen molar-refractivity contribution in [2.75, 3.05) is 7.11 Å². The van der Waals surface area contributed by atoms with Gasteiger partial charge in [-0.2, -0.15) is 0 Å². The summed E-state index contributed by atoms with van der Waals surface area (Å²) in [5.74, 6) is 0.814. The highest BCUT2D eigenvalue weighted by molar-refractivity contribution is 6.04. The fourth-order valence-electron chi connectivity index (χ4n) is 4.25. The van der Waals surface area contributed by atoms with E-state index < -0.39 is 6.36 Å². The summed E-state index contributed by atoms with van der Waals surface area (Å²) in [5.41, 5.74) is 4.04. The van der Waals surface area contributed by atoms with Crippen molar-refractivity contribution in [3.8, 4) is 22.6 Å². The number of nitrogens with zero attached hydrogens (tertiary/aromatic N) is 4. The van der Waals surface area contributed by atoms with Gasteiger partial charge in [0.15, 0.2) is 0 Å². The first-order valence-corrected chi connectivity index (χ1v) is 10.8. The maximum Gasteiger partial charge on any atom is 0.573 e. The van der Waals surface area contributed by atoms with Crippen molar-refractivity contribution in [2.24, 2.45) is 0 Å². The molecule has 0 saturated carbocycles. The van der Waals surface area contributed by atoms with Gasteiger partial charge in [-0.3, -0.25) is 9.78 Å². The van der Waals surface area contributed by atoms with E-state index in [9.17, 15) is 18.0 Å².